The SMILES string of the molecule is O=C(Nc1ccc(Cl)cc1)OCCOc1c(Cl)cc(OCC=C(Cl)Cl)cc1Cl. The first-order valence-electron chi connectivity index (χ1n) is 7.80. The van der Waals surface area contributed by atoms with Crippen LogP contribution in [0.3, 0.4) is 0 Å². The van der Waals surface area contributed by atoms with Crippen molar-refractivity contribution in [1.29, 1.82) is 0 Å². The second-order valence-electron chi connectivity index (χ2n) is 5.14. The molecule has 0 spiro atoms. The maximum absolute atomic E-state index is 11.7. The fraction of sp³-hybridized carbons (Fsp3) is 0.167. The highest BCUT2D eigenvalue weighted by atomic mass is 35.5. The lowest BCUT2D eigenvalue weighted by Gasteiger charge is -2.12. The van der Waals surface area contributed by atoms with Gasteiger partial charge in [0.15, 0.2) is 5.75 Å². The van der Waals surface area contributed by atoms with E-state index in [0.717, 1.165) is 0 Å². The van der Waals surface area contributed by atoms with Crippen LogP contribution in [0.1, 0.15) is 0 Å². The van der Waals surface area contributed by atoms with Crippen LogP contribution in [0.4, 0.5) is 10.5 Å². The predicted octanol–water partition coefficient (Wildman–Crippen LogP) is 6.97. The number of nitrogens with one attached hydrogen (secondary N) is 1. The van der Waals surface area contributed by atoms with Crippen LogP contribution in [0.25, 0.3) is 0 Å². The van der Waals surface area contributed by atoms with Crippen molar-refractivity contribution in [3.8, 4) is 11.5 Å². The fourth-order valence-electron chi connectivity index (χ4n) is 1.92. The van der Waals surface area contributed by atoms with Crippen molar-refractivity contribution >= 4 is 69.8 Å². The molecular weight excluding hydrogens is 471 g/mol. The fourth-order valence-corrected chi connectivity index (χ4v) is 2.75. The summed E-state index contributed by atoms with van der Waals surface area (Å²) in [6.45, 7) is 0.202. The summed E-state index contributed by atoms with van der Waals surface area (Å²) >= 11 is 29.1. The molecular formula is C18H14Cl5NO4. The van der Waals surface area contributed by atoms with E-state index in [0.29, 0.717) is 16.5 Å². The minimum absolute atomic E-state index is 0.0106. The van der Waals surface area contributed by atoms with Crippen LogP contribution < -0.4 is 14.8 Å². The van der Waals surface area contributed by atoms with Gasteiger partial charge in [0.2, 0.25) is 0 Å². The van der Waals surface area contributed by atoms with Crippen molar-refractivity contribution in [2.75, 3.05) is 25.1 Å². The number of amides is 1. The minimum atomic E-state index is -0.627. The first kappa shape index (κ1) is 22.8. The van der Waals surface area contributed by atoms with Gasteiger partial charge in [-0.25, -0.2) is 4.79 Å². The Morgan fingerprint density at radius 2 is 1.61 bits per heavy atom. The number of benzene rings is 2. The third-order valence-corrected chi connectivity index (χ3v) is 4.24. The summed E-state index contributed by atoms with van der Waals surface area (Å²) in [5.41, 5.74) is 0.558. The molecule has 2 rings (SSSR count). The molecule has 2 aromatic carbocycles. The Morgan fingerprint density at radius 3 is 2.21 bits per heavy atom. The largest absolute Gasteiger partial charge is 0.489 e. The van der Waals surface area contributed by atoms with Gasteiger partial charge >= 0.3 is 6.09 Å². The van der Waals surface area contributed by atoms with Crippen LogP contribution in [-0.2, 0) is 4.74 Å². The maximum Gasteiger partial charge on any atom is 0.411 e. The average molecular weight is 486 g/mol. The van der Waals surface area contributed by atoms with E-state index in [2.05, 4.69) is 5.32 Å². The van der Waals surface area contributed by atoms with Gasteiger partial charge in [-0.2, -0.15) is 0 Å². The molecule has 0 aliphatic rings. The lowest BCUT2D eigenvalue weighted by Crippen LogP contribution is -2.17. The molecule has 0 saturated carbocycles. The zero-order valence-electron chi connectivity index (χ0n) is 14.2. The first-order chi connectivity index (χ1) is 13.3. The molecule has 0 bridgehead atoms. The molecule has 0 aromatic heterocycles. The molecule has 0 saturated heterocycles. The molecule has 0 aliphatic carbocycles. The van der Waals surface area contributed by atoms with Gasteiger partial charge in [-0.3, -0.25) is 5.32 Å². The predicted molar refractivity (Wildman–Crippen MR) is 114 cm³/mol. The normalized spacial score (nSPS) is 10.2. The van der Waals surface area contributed by atoms with Crippen LogP contribution in [0.2, 0.25) is 15.1 Å². The molecule has 150 valence electrons. The number of ether oxygens (including phenoxy) is 3. The molecule has 0 aliphatic heterocycles. The van der Waals surface area contributed by atoms with Crippen molar-refractivity contribution < 1.29 is 19.0 Å². The van der Waals surface area contributed by atoms with Gasteiger partial charge < -0.3 is 14.2 Å². The topological polar surface area (TPSA) is 56.8 Å². The highest BCUT2D eigenvalue weighted by molar-refractivity contribution is 6.55. The van der Waals surface area contributed by atoms with Crippen molar-refractivity contribution in [3.05, 3.63) is 62.0 Å². The molecule has 10 heteroatoms. The summed E-state index contributed by atoms with van der Waals surface area (Å²) in [5.74, 6) is 0.676. The number of carbonyl (C=O) groups excluding carboxylic acids is 1. The van der Waals surface area contributed by atoms with Crippen molar-refractivity contribution in [1.82, 2.24) is 0 Å². The zero-order valence-corrected chi connectivity index (χ0v) is 18.0. The lowest BCUT2D eigenvalue weighted by molar-refractivity contribution is 0.138. The summed E-state index contributed by atoms with van der Waals surface area (Å²) in [6.07, 6.45) is 0.847. The van der Waals surface area contributed by atoms with E-state index in [4.69, 9.17) is 72.2 Å². The van der Waals surface area contributed by atoms with Crippen LogP contribution in [-0.4, -0.2) is 25.9 Å². The summed E-state index contributed by atoms with van der Waals surface area (Å²) in [4.78, 5) is 11.7. The van der Waals surface area contributed by atoms with Crippen molar-refractivity contribution in [2.45, 2.75) is 0 Å². The van der Waals surface area contributed by atoms with Gasteiger partial charge in [0.05, 0.1) is 10.0 Å². The molecule has 2 aromatic rings. The smallest absolute Gasteiger partial charge is 0.411 e. The summed E-state index contributed by atoms with van der Waals surface area (Å²) in [5, 5.41) is 3.61. The van der Waals surface area contributed by atoms with E-state index in [9.17, 15) is 4.79 Å². The zero-order chi connectivity index (χ0) is 20.5. The summed E-state index contributed by atoms with van der Waals surface area (Å²) in [7, 11) is 0. The first-order valence-corrected chi connectivity index (χ1v) is 9.69. The van der Waals surface area contributed by atoms with E-state index in [1.54, 1.807) is 24.3 Å². The van der Waals surface area contributed by atoms with Crippen LogP contribution in [0.15, 0.2) is 47.0 Å². The Kier molecular flexibility index (Phi) is 9.35. The Bertz CT molecular complexity index is 815. The minimum Gasteiger partial charge on any atom is -0.489 e. The number of rotatable bonds is 8. The molecule has 0 heterocycles. The van der Waals surface area contributed by atoms with Crippen molar-refractivity contribution in [2.24, 2.45) is 0 Å². The molecule has 0 fully saturated rings. The van der Waals surface area contributed by atoms with Crippen LogP contribution in [0, 0.1) is 0 Å². The quantitative estimate of drug-likeness (QED) is 0.410. The standard InChI is InChI=1S/C18H14Cl5NO4/c19-11-1-3-12(4-2-11)24-18(25)28-8-7-27-17-14(20)9-13(10-15(17)21)26-6-5-16(22)23/h1-5,9-10H,6-8H2,(H,24,25). The van der Waals surface area contributed by atoms with E-state index in [1.165, 1.54) is 18.2 Å². The molecule has 28 heavy (non-hydrogen) atoms. The third-order valence-electron chi connectivity index (χ3n) is 3.11. The molecule has 1 N–H and O–H groups in total. The lowest BCUT2D eigenvalue weighted by atomic mass is 10.3. The maximum atomic E-state index is 11.7. The number of anilines is 1. The van der Waals surface area contributed by atoms with E-state index in [-0.39, 0.29) is 40.1 Å². The van der Waals surface area contributed by atoms with Gasteiger partial charge in [0.25, 0.3) is 0 Å². The van der Waals surface area contributed by atoms with Gasteiger partial charge in [0.1, 0.15) is 30.1 Å². The van der Waals surface area contributed by atoms with Gasteiger partial charge in [-0.15, -0.1) is 0 Å². The second kappa shape index (κ2) is 11.5. The Balaban J connectivity index is 1.79. The highest BCUT2D eigenvalue weighted by Crippen LogP contribution is 2.37. The van der Waals surface area contributed by atoms with Crippen LogP contribution >= 0.6 is 58.0 Å². The monoisotopic (exact) mass is 483 g/mol. The van der Waals surface area contributed by atoms with E-state index >= 15 is 0 Å². The van der Waals surface area contributed by atoms with Gasteiger partial charge in [0, 0.05) is 22.8 Å². The summed E-state index contributed by atoms with van der Waals surface area (Å²) in [6, 6.07) is 9.68. The van der Waals surface area contributed by atoms with E-state index in [1.807, 2.05) is 0 Å². The molecule has 5 nitrogen and oxygen atoms in total. The van der Waals surface area contributed by atoms with Gasteiger partial charge in [-0.05, 0) is 30.3 Å². The number of hydrogen-bond donors (Lipinski definition) is 1. The average Bonchev–Trinajstić information content (AvgIpc) is 2.62. The third kappa shape index (κ3) is 7.86. The molecule has 0 radical (unpaired) electrons. The number of carbonyl (C=O) groups is 1. The number of halogens is 5. The molecule has 1 amide bonds. The second-order valence-corrected chi connectivity index (χ2v) is 7.40. The Labute approximate surface area is 187 Å². The Morgan fingerprint density at radius 1 is 0.964 bits per heavy atom. The van der Waals surface area contributed by atoms with E-state index < -0.39 is 6.09 Å². The highest BCUT2D eigenvalue weighted by Gasteiger charge is 2.11. The Hall–Kier alpha value is -1.50. The summed E-state index contributed by atoms with van der Waals surface area (Å²) < 4.78 is 16.0. The van der Waals surface area contributed by atoms with Gasteiger partial charge in [-0.1, -0.05) is 58.0 Å². The van der Waals surface area contributed by atoms with Crippen LogP contribution in [0.5, 0.6) is 11.5 Å². The molecule has 0 atom stereocenters. The van der Waals surface area contributed by atoms with Crippen molar-refractivity contribution in [3.63, 3.8) is 0 Å². The number of hydrogen-bond acceptors (Lipinski definition) is 4. The molecule has 0 unspecified atom stereocenters.